The minimum atomic E-state index is 0.323. The van der Waals surface area contributed by atoms with Gasteiger partial charge < -0.3 is 4.74 Å². The number of hydrogen-bond donors (Lipinski definition) is 0. The van der Waals surface area contributed by atoms with Crippen molar-refractivity contribution in [2.75, 3.05) is 0 Å². The minimum Gasteiger partial charge on any atom is -0.372 e. The Kier molecular flexibility index (Phi) is 5.13. The molecule has 0 bridgehead atoms. The van der Waals surface area contributed by atoms with Crippen molar-refractivity contribution in [1.82, 2.24) is 0 Å². The van der Waals surface area contributed by atoms with Gasteiger partial charge in [0.15, 0.2) is 0 Å². The summed E-state index contributed by atoms with van der Waals surface area (Å²) in [5.41, 5.74) is 0.323. The van der Waals surface area contributed by atoms with E-state index in [0.29, 0.717) is 11.7 Å². The topological polar surface area (TPSA) is 9.23 Å². The van der Waals surface area contributed by atoms with Crippen molar-refractivity contribution in [2.45, 2.75) is 101 Å². The first-order valence-electron chi connectivity index (χ1n) is 9.03. The highest BCUT2D eigenvalue weighted by Crippen LogP contribution is 2.46. The lowest BCUT2D eigenvalue weighted by Crippen LogP contribution is -2.30. The Morgan fingerprint density at radius 2 is 1.90 bits per heavy atom. The molecule has 0 aromatic carbocycles. The van der Waals surface area contributed by atoms with Crippen molar-refractivity contribution >= 4 is 15.9 Å². The van der Waals surface area contributed by atoms with Crippen LogP contribution < -0.4 is 0 Å². The summed E-state index contributed by atoms with van der Waals surface area (Å²) in [4.78, 5) is 0.749. The van der Waals surface area contributed by atoms with Gasteiger partial charge in [-0.05, 0) is 63.2 Å². The number of halogens is 1. The van der Waals surface area contributed by atoms with Crippen LogP contribution in [0.5, 0.6) is 0 Å². The van der Waals surface area contributed by atoms with E-state index in [-0.39, 0.29) is 0 Å². The fraction of sp³-hybridized carbons (Fsp3) is 1.00. The molecular weight excluding hydrogens is 312 g/mol. The van der Waals surface area contributed by atoms with E-state index in [4.69, 9.17) is 4.74 Å². The van der Waals surface area contributed by atoms with E-state index in [2.05, 4.69) is 22.9 Å². The fourth-order valence-electron chi connectivity index (χ4n) is 5.02. The zero-order chi connectivity index (χ0) is 14.0. The first-order chi connectivity index (χ1) is 9.71. The summed E-state index contributed by atoms with van der Waals surface area (Å²) in [6.45, 7) is 2.33. The summed E-state index contributed by atoms with van der Waals surface area (Å²) in [6, 6.07) is 0. The van der Waals surface area contributed by atoms with Gasteiger partial charge in [0.25, 0.3) is 0 Å². The maximum absolute atomic E-state index is 6.54. The van der Waals surface area contributed by atoms with Crippen molar-refractivity contribution in [3.8, 4) is 0 Å². The second kappa shape index (κ2) is 6.69. The van der Waals surface area contributed by atoms with E-state index in [1.165, 1.54) is 77.0 Å². The first-order valence-corrected chi connectivity index (χ1v) is 9.94. The fourth-order valence-corrected chi connectivity index (χ4v) is 5.72. The summed E-state index contributed by atoms with van der Waals surface area (Å²) >= 11 is 3.96. The van der Waals surface area contributed by atoms with Crippen LogP contribution in [0.25, 0.3) is 0 Å². The molecule has 3 fully saturated rings. The van der Waals surface area contributed by atoms with Gasteiger partial charge in [-0.1, -0.05) is 48.5 Å². The molecule has 2 heteroatoms. The molecule has 1 heterocycles. The molecule has 0 radical (unpaired) electrons. The predicted molar refractivity (Wildman–Crippen MR) is 88.4 cm³/mol. The van der Waals surface area contributed by atoms with E-state index >= 15 is 0 Å². The molecule has 1 saturated heterocycles. The Labute approximate surface area is 133 Å². The minimum absolute atomic E-state index is 0.323. The highest BCUT2D eigenvalue weighted by atomic mass is 79.9. The van der Waals surface area contributed by atoms with Crippen LogP contribution in [0.1, 0.15) is 84.0 Å². The summed E-state index contributed by atoms with van der Waals surface area (Å²) in [7, 11) is 0. The smallest absolute Gasteiger partial charge is 0.0687 e. The van der Waals surface area contributed by atoms with Crippen LogP contribution in [0, 0.1) is 11.8 Å². The summed E-state index contributed by atoms with van der Waals surface area (Å²) in [5.74, 6) is 1.85. The molecule has 116 valence electrons. The SMILES string of the molecule is CCCC1CCC(Br)C(CC2CCC3(CCCC3)O2)C1. The van der Waals surface area contributed by atoms with Gasteiger partial charge in [0.1, 0.15) is 0 Å². The summed E-state index contributed by atoms with van der Waals surface area (Å²) < 4.78 is 6.54. The van der Waals surface area contributed by atoms with Crippen LogP contribution in [-0.2, 0) is 4.74 Å². The van der Waals surface area contributed by atoms with E-state index in [0.717, 1.165) is 16.7 Å². The summed E-state index contributed by atoms with van der Waals surface area (Å²) in [5, 5.41) is 0. The monoisotopic (exact) mass is 342 g/mol. The standard InChI is InChI=1S/C18H31BrO/c1-2-5-14-6-7-17(19)15(12-14)13-16-8-11-18(20-16)9-3-4-10-18/h14-17H,2-13H2,1H3. The quantitative estimate of drug-likeness (QED) is 0.582. The van der Waals surface area contributed by atoms with Crippen molar-refractivity contribution in [1.29, 1.82) is 0 Å². The molecule has 4 atom stereocenters. The molecule has 1 nitrogen and oxygen atoms in total. The van der Waals surface area contributed by atoms with E-state index in [1.54, 1.807) is 0 Å². The Balaban J connectivity index is 1.51. The lowest BCUT2D eigenvalue weighted by Gasteiger charge is -2.35. The molecule has 1 aliphatic heterocycles. The second-order valence-corrected chi connectivity index (χ2v) is 8.82. The molecule has 0 aromatic heterocycles. The second-order valence-electron chi connectivity index (χ2n) is 7.65. The van der Waals surface area contributed by atoms with E-state index in [9.17, 15) is 0 Å². The lowest BCUT2D eigenvalue weighted by atomic mass is 9.77. The normalized spacial score (nSPS) is 40.5. The average Bonchev–Trinajstić information content (AvgIpc) is 3.05. The molecule has 3 rings (SSSR count). The van der Waals surface area contributed by atoms with Crippen molar-refractivity contribution in [3.63, 3.8) is 0 Å². The lowest BCUT2D eigenvalue weighted by molar-refractivity contribution is -0.0463. The van der Waals surface area contributed by atoms with Crippen molar-refractivity contribution in [3.05, 3.63) is 0 Å². The molecule has 0 amide bonds. The van der Waals surface area contributed by atoms with Crippen molar-refractivity contribution < 1.29 is 4.74 Å². The van der Waals surface area contributed by atoms with Gasteiger partial charge in [-0.25, -0.2) is 0 Å². The maximum atomic E-state index is 6.54. The van der Waals surface area contributed by atoms with Gasteiger partial charge in [0.05, 0.1) is 11.7 Å². The number of ether oxygens (including phenoxy) is 1. The Hall–Kier alpha value is 0.440. The molecular formula is C18H31BrO. The largest absolute Gasteiger partial charge is 0.372 e. The summed E-state index contributed by atoms with van der Waals surface area (Å²) in [6.07, 6.45) is 17.1. The first kappa shape index (κ1) is 15.3. The highest BCUT2D eigenvalue weighted by molar-refractivity contribution is 9.09. The van der Waals surface area contributed by atoms with Gasteiger partial charge in [0, 0.05) is 4.83 Å². The Morgan fingerprint density at radius 1 is 1.10 bits per heavy atom. The van der Waals surface area contributed by atoms with E-state index in [1.807, 2.05) is 0 Å². The van der Waals surface area contributed by atoms with Crippen LogP contribution in [-0.4, -0.2) is 16.5 Å². The molecule has 20 heavy (non-hydrogen) atoms. The van der Waals surface area contributed by atoms with E-state index < -0.39 is 0 Å². The van der Waals surface area contributed by atoms with Crippen LogP contribution in [0.3, 0.4) is 0 Å². The van der Waals surface area contributed by atoms with Crippen LogP contribution >= 0.6 is 15.9 Å². The maximum Gasteiger partial charge on any atom is 0.0687 e. The Bertz CT molecular complexity index is 311. The molecule has 1 spiro atoms. The number of rotatable bonds is 4. The van der Waals surface area contributed by atoms with Gasteiger partial charge >= 0.3 is 0 Å². The molecule has 4 unspecified atom stereocenters. The van der Waals surface area contributed by atoms with Gasteiger partial charge in [-0.3, -0.25) is 0 Å². The predicted octanol–water partition coefficient (Wildman–Crippen LogP) is 5.85. The third kappa shape index (κ3) is 3.43. The third-order valence-electron chi connectivity index (χ3n) is 6.11. The molecule has 3 aliphatic rings. The highest BCUT2D eigenvalue weighted by Gasteiger charge is 2.43. The number of alkyl halides is 1. The van der Waals surface area contributed by atoms with Crippen LogP contribution in [0.4, 0.5) is 0 Å². The van der Waals surface area contributed by atoms with Crippen LogP contribution in [0.2, 0.25) is 0 Å². The van der Waals surface area contributed by atoms with Gasteiger partial charge in [-0.15, -0.1) is 0 Å². The molecule has 0 aromatic rings. The van der Waals surface area contributed by atoms with Gasteiger partial charge in [0.2, 0.25) is 0 Å². The van der Waals surface area contributed by atoms with Gasteiger partial charge in [-0.2, -0.15) is 0 Å². The molecule has 2 aliphatic carbocycles. The zero-order valence-electron chi connectivity index (χ0n) is 13.1. The zero-order valence-corrected chi connectivity index (χ0v) is 14.7. The number of hydrogen-bond acceptors (Lipinski definition) is 1. The molecule has 0 N–H and O–H groups in total. The third-order valence-corrected chi connectivity index (χ3v) is 7.32. The molecule has 2 saturated carbocycles. The average molecular weight is 343 g/mol. The Morgan fingerprint density at radius 3 is 2.65 bits per heavy atom. The van der Waals surface area contributed by atoms with Crippen LogP contribution in [0.15, 0.2) is 0 Å². The van der Waals surface area contributed by atoms with Crippen molar-refractivity contribution in [2.24, 2.45) is 11.8 Å².